The van der Waals surface area contributed by atoms with Gasteiger partial charge in [-0.2, -0.15) is 0 Å². The number of ether oxygens (including phenoxy) is 1. The Kier molecular flexibility index (Phi) is 7.41. The molecule has 9 heteroatoms. The van der Waals surface area contributed by atoms with Crippen molar-refractivity contribution in [2.45, 2.75) is 20.0 Å². The first-order chi connectivity index (χ1) is 12.7. The monoisotopic (exact) mass is 362 g/mol. The van der Waals surface area contributed by atoms with Crippen LogP contribution < -0.4 is 0 Å². The maximum absolute atomic E-state index is 5.51. The van der Waals surface area contributed by atoms with E-state index in [-0.39, 0.29) is 12.0 Å². The minimum Gasteiger partial charge on any atom is -0.470 e. The lowest BCUT2D eigenvalue weighted by molar-refractivity contribution is 0.0672. The summed E-state index contributed by atoms with van der Waals surface area (Å²) in [5.41, 5.74) is 2.52. The van der Waals surface area contributed by atoms with Gasteiger partial charge >= 0.3 is 0 Å². The highest BCUT2D eigenvalue weighted by molar-refractivity contribution is 6.46. The van der Waals surface area contributed by atoms with Gasteiger partial charge in [0.05, 0.1) is 11.9 Å². The van der Waals surface area contributed by atoms with Crippen LogP contribution in [0, 0.1) is 0 Å². The van der Waals surface area contributed by atoms with Crippen molar-refractivity contribution in [1.82, 2.24) is 0 Å². The molecule has 0 N–H and O–H groups in total. The molecule has 0 amide bonds. The molecular formula is C17H22N4O5. The highest BCUT2D eigenvalue weighted by Gasteiger charge is 2.21. The number of hydrogen-bond acceptors (Lipinski definition) is 9. The fraction of sp³-hybridized carbons (Fsp3) is 0.412. The van der Waals surface area contributed by atoms with Crippen LogP contribution in [0.25, 0.3) is 0 Å². The summed E-state index contributed by atoms with van der Waals surface area (Å²) in [7, 11) is 2.93. The lowest BCUT2D eigenvalue weighted by atomic mass is 10.0. The normalized spacial score (nSPS) is 16.4. The van der Waals surface area contributed by atoms with Crippen LogP contribution in [0.1, 0.15) is 25.0 Å². The Labute approximate surface area is 151 Å². The minimum absolute atomic E-state index is 0.247. The Hall–Kier alpha value is -3.10. The first-order valence-corrected chi connectivity index (χ1v) is 7.98. The molecule has 9 nitrogen and oxygen atoms in total. The van der Waals surface area contributed by atoms with Gasteiger partial charge in [0.25, 0.3) is 5.90 Å². The van der Waals surface area contributed by atoms with Crippen molar-refractivity contribution in [3.8, 4) is 0 Å². The van der Waals surface area contributed by atoms with Gasteiger partial charge in [0.2, 0.25) is 0 Å². The van der Waals surface area contributed by atoms with E-state index in [0.717, 1.165) is 5.56 Å². The van der Waals surface area contributed by atoms with E-state index < -0.39 is 0 Å². The van der Waals surface area contributed by atoms with Crippen molar-refractivity contribution in [3.63, 3.8) is 0 Å². The van der Waals surface area contributed by atoms with Crippen LogP contribution in [0.2, 0.25) is 0 Å². The van der Waals surface area contributed by atoms with Crippen molar-refractivity contribution < 1.29 is 24.1 Å². The number of nitrogens with zero attached hydrogens (tertiary/aromatic N) is 4. The van der Waals surface area contributed by atoms with Crippen molar-refractivity contribution in [2.75, 3.05) is 27.4 Å². The van der Waals surface area contributed by atoms with E-state index in [9.17, 15) is 0 Å². The van der Waals surface area contributed by atoms with E-state index in [1.165, 1.54) is 14.2 Å². The fourth-order valence-corrected chi connectivity index (χ4v) is 2.01. The molecule has 0 radical (unpaired) electrons. The summed E-state index contributed by atoms with van der Waals surface area (Å²) in [6, 6.07) is 7.44. The quantitative estimate of drug-likeness (QED) is 0.522. The molecule has 1 aliphatic heterocycles. The average Bonchev–Trinajstić information content (AvgIpc) is 2.67. The number of benzene rings is 1. The summed E-state index contributed by atoms with van der Waals surface area (Å²) in [5, 5.41) is 15.8. The molecule has 140 valence electrons. The first kappa shape index (κ1) is 19.2. The van der Waals surface area contributed by atoms with Crippen LogP contribution in [0.3, 0.4) is 0 Å². The van der Waals surface area contributed by atoms with Crippen LogP contribution in [0.5, 0.6) is 0 Å². The van der Waals surface area contributed by atoms with Crippen molar-refractivity contribution in [3.05, 3.63) is 35.4 Å². The van der Waals surface area contributed by atoms with Gasteiger partial charge in [-0.05, 0) is 19.0 Å². The second kappa shape index (κ2) is 10.0. The average molecular weight is 362 g/mol. The second-order valence-electron chi connectivity index (χ2n) is 5.19. The van der Waals surface area contributed by atoms with E-state index >= 15 is 0 Å². The molecule has 2 rings (SSSR count). The zero-order valence-corrected chi connectivity index (χ0v) is 15.2. The lowest BCUT2D eigenvalue weighted by Gasteiger charge is -2.15. The molecule has 0 aliphatic carbocycles. The molecule has 1 aromatic rings. The van der Waals surface area contributed by atoms with E-state index in [4.69, 9.17) is 24.1 Å². The zero-order valence-electron chi connectivity index (χ0n) is 15.2. The Morgan fingerprint density at radius 3 is 2.65 bits per heavy atom. The van der Waals surface area contributed by atoms with Gasteiger partial charge in [-0.1, -0.05) is 39.7 Å². The summed E-state index contributed by atoms with van der Waals surface area (Å²) >= 11 is 0. The molecule has 1 unspecified atom stereocenters. The topological polar surface area (TPSA) is 95.6 Å². The molecule has 1 atom stereocenters. The molecule has 0 saturated heterocycles. The Bertz CT molecular complexity index is 715. The summed E-state index contributed by atoms with van der Waals surface area (Å²) in [6.45, 7) is 4.39. The highest BCUT2D eigenvalue weighted by Crippen LogP contribution is 2.12. The summed E-state index contributed by atoms with van der Waals surface area (Å²) in [6.07, 6.45) is 1.24. The molecule has 0 saturated carbocycles. The fourth-order valence-electron chi connectivity index (χ4n) is 2.01. The summed E-state index contributed by atoms with van der Waals surface area (Å²) in [4.78, 5) is 20.1. The molecule has 0 bridgehead atoms. The van der Waals surface area contributed by atoms with Crippen molar-refractivity contribution in [2.24, 2.45) is 20.6 Å². The predicted octanol–water partition coefficient (Wildman–Crippen LogP) is 2.16. The Morgan fingerprint density at radius 1 is 1.19 bits per heavy atom. The van der Waals surface area contributed by atoms with Gasteiger partial charge in [0.15, 0.2) is 18.4 Å². The highest BCUT2D eigenvalue weighted by atomic mass is 16.7. The smallest absolute Gasteiger partial charge is 0.280 e. The molecule has 0 aromatic heterocycles. The van der Waals surface area contributed by atoms with Crippen LogP contribution in [-0.4, -0.2) is 57.1 Å². The van der Waals surface area contributed by atoms with E-state index in [1.54, 1.807) is 13.1 Å². The van der Waals surface area contributed by atoms with Crippen LogP contribution in [0.15, 0.2) is 44.9 Å². The van der Waals surface area contributed by atoms with Gasteiger partial charge in [0, 0.05) is 11.1 Å². The van der Waals surface area contributed by atoms with Gasteiger partial charge in [-0.3, -0.25) is 0 Å². The van der Waals surface area contributed by atoms with Crippen LogP contribution in [-0.2, 0) is 24.1 Å². The van der Waals surface area contributed by atoms with E-state index in [0.29, 0.717) is 30.2 Å². The van der Waals surface area contributed by atoms with E-state index in [2.05, 4.69) is 20.6 Å². The SMILES string of the molecule is CO/N=C(/C1=NOCCO1)c1ccccc1/C=N/OC(C)/C(C)=N/OC. The molecule has 0 fully saturated rings. The Morgan fingerprint density at radius 2 is 1.96 bits per heavy atom. The third-order valence-electron chi connectivity index (χ3n) is 3.40. The molecule has 1 aliphatic rings. The molecule has 1 heterocycles. The van der Waals surface area contributed by atoms with Gasteiger partial charge in [-0.15, -0.1) is 0 Å². The summed E-state index contributed by atoms with van der Waals surface area (Å²) < 4.78 is 5.51. The molecule has 26 heavy (non-hydrogen) atoms. The number of oxime groups is 4. The van der Waals surface area contributed by atoms with Gasteiger partial charge < -0.3 is 24.1 Å². The van der Waals surface area contributed by atoms with E-state index in [1.807, 2.05) is 31.2 Å². The van der Waals surface area contributed by atoms with Crippen molar-refractivity contribution in [1.29, 1.82) is 0 Å². The third kappa shape index (κ3) is 5.20. The number of rotatable bonds is 8. The summed E-state index contributed by atoms with van der Waals surface area (Å²) in [5.74, 6) is 0.247. The predicted molar refractivity (Wildman–Crippen MR) is 97.6 cm³/mol. The van der Waals surface area contributed by atoms with Gasteiger partial charge in [-0.25, -0.2) is 0 Å². The molecular weight excluding hydrogens is 340 g/mol. The molecule has 0 spiro atoms. The van der Waals surface area contributed by atoms with Gasteiger partial charge in [0.1, 0.15) is 20.8 Å². The maximum atomic E-state index is 5.51. The van der Waals surface area contributed by atoms with Crippen molar-refractivity contribution >= 4 is 23.5 Å². The van der Waals surface area contributed by atoms with Crippen LogP contribution >= 0.6 is 0 Å². The lowest BCUT2D eigenvalue weighted by Crippen LogP contribution is -2.26. The third-order valence-corrected chi connectivity index (χ3v) is 3.40. The largest absolute Gasteiger partial charge is 0.470 e. The first-order valence-electron chi connectivity index (χ1n) is 7.98. The zero-order chi connectivity index (χ0) is 18.8. The number of hydrogen-bond donors (Lipinski definition) is 0. The maximum Gasteiger partial charge on any atom is 0.280 e. The Balaban J connectivity index is 2.23. The minimum atomic E-state index is -0.329. The second-order valence-corrected chi connectivity index (χ2v) is 5.19. The van der Waals surface area contributed by atoms with Crippen LogP contribution in [0.4, 0.5) is 0 Å². The molecule has 1 aromatic carbocycles. The standard InChI is InChI=1S/C17H22N4O5/c1-12(19-22-3)13(2)26-18-11-14-7-5-6-8-15(14)16(20-23-4)17-21-25-10-9-24-17/h5-8,11,13H,9-10H2,1-4H3/b18-11+,19-12+,20-16+.